The number of pyridine rings is 1. The number of aromatic nitrogens is 3. The Morgan fingerprint density at radius 3 is 2.64 bits per heavy atom. The van der Waals surface area contributed by atoms with Gasteiger partial charge in [0.15, 0.2) is 5.82 Å². The van der Waals surface area contributed by atoms with Gasteiger partial charge in [-0.05, 0) is 43.3 Å². The Morgan fingerprint density at radius 1 is 1.07 bits per heavy atom. The van der Waals surface area contributed by atoms with E-state index in [2.05, 4.69) is 15.0 Å². The maximum atomic E-state index is 13.6. The van der Waals surface area contributed by atoms with Crippen LogP contribution in [0.3, 0.4) is 0 Å². The fraction of sp³-hybridized carbons (Fsp3) is 0.0476. The summed E-state index contributed by atoms with van der Waals surface area (Å²) in [5.41, 5.74) is 15.4. The Balaban J connectivity index is 1.93. The molecule has 0 atom stereocenters. The van der Waals surface area contributed by atoms with Crippen LogP contribution in [0.15, 0.2) is 54.7 Å². The number of aryl methyl sites for hydroxylation is 1. The number of hydrogen-bond acceptors (Lipinski definition) is 5. The lowest BCUT2D eigenvalue weighted by atomic mass is 10.00. The van der Waals surface area contributed by atoms with E-state index in [1.54, 1.807) is 49.5 Å². The average molecular weight is 373 g/mol. The third-order valence-electron chi connectivity index (χ3n) is 4.50. The Bertz CT molecular complexity index is 1240. The van der Waals surface area contributed by atoms with Gasteiger partial charge in [-0.25, -0.2) is 14.4 Å². The van der Waals surface area contributed by atoms with Crippen molar-refractivity contribution >= 4 is 22.5 Å². The van der Waals surface area contributed by atoms with Crippen LogP contribution in [0.1, 0.15) is 16.1 Å². The van der Waals surface area contributed by atoms with Crippen LogP contribution in [0, 0.1) is 12.7 Å². The molecule has 28 heavy (non-hydrogen) atoms. The van der Waals surface area contributed by atoms with E-state index in [1.165, 1.54) is 12.1 Å². The van der Waals surface area contributed by atoms with E-state index in [0.717, 1.165) is 0 Å². The molecule has 0 unspecified atom stereocenters. The summed E-state index contributed by atoms with van der Waals surface area (Å²) in [6.07, 6.45) is 1.57. The molecule has 0 saturated heterocycles. The molecule has 2 aromatic heterocycles. The fourth-order valence-electron chi connectivity index (χ4n) is 3.22. The molecule has 2 heterocycles. The summed E-state index contributed by atoms with van der Waals surface area (Å²) < 4.78 is 13.6. The molecule has 0 saturated carbocycles. The molecule has 0 radical (unpaired) electrons. The van der Waals surface area contributed by atoms with Gasteiger partial charge >= 0.3 is 0 Å². The molecule has 4 N–H and O–H groups in total. The molecule has 7 heteroatoms. The van der Waals surface area contributed by atoms with Crippen LogP contribution in [0.25, 0.3) is 33.5 Å². The summed E-state index contributed by atoms with van der Waals surface area (Å²) >= 11 is 0. The molecule has 0 aliphatic rings. The number of nitrogens with two attached hydrogens (primary N) is 2. The van der Waals surface area contributed by atoms with Crippen LogP contribution < -0.4 is 11.5 Å². The minimum Gasteiger partial charge on any atom is -0.398 e. The number of benzene rings is 2. The zero-order valence-corrected chi connectivity index (χ0v) is 15.0. The van der Waals surface area contributed by atoms with Crippen molar-refractivity contribution in [2.24, 2.45) is 5.73 Å². The Hall–Kier alpha value is -3.87. The van der Waals surface area contributed by atoms with Crippen molar-refractivity contribution in [3.8, 4) is 22.6 Å². The molecule has 138 valence electrons. The van der Waals surface area contributed by atoms with Crippen molar-refractivity contribution in [1.82, 2.24) is 15.0 Å². The zero-order chi connectivity index (χ0) is 19.8. The third kappa shape index (κ3) is 2.92. The summed E-state index contributed by atoms with van der Waals surface area (Å²) in [5, 5.41) is 0.652. The van der Waals surface area contributed by atoms with Crippen molar-refractivity contribution in [3.63, 3.8) is 0 Å². The van der Waals surface area contributed by atoms with Gasteiger partial charge in [0.2, 0.25) is 0 Å². The highest BCUT2D eigenvalue weighted by atomic mass is 19.1. The quantitative estimate of drug-likeness (QED) is 0.535. The zero-order valence-electron chi connectivity index (χ0n) is 15.0. The van der Waals surface area contributed by atoms with Crippen LogP contribution in [0.4, 0.5) is 10.1 Å². The monoisotopic (exact) mass is 373 g/mol. The van der Waals surface area contributed by atoms with E-state index in [1.807, 2.05) is 0 Å². The minimum atomic E-state index is -0.586. The molecule has 0 bridgehead atoms. The van der Waals surface area contributed by atoms with Crippen molar-refractivity contribution in [1.29, 1.82) is 0 Å². The fourth-order valence-corrected chi connectivity index (χ4v) is 3.22. The van der Waals surface area contributed by atoms with Crippen LogP contribution in [0.2, 0.25) is 0 Å². The lowest BCUT2D eigenvalue weighted by Gasteiger charge is -2.13. The second-order valence-electron chi connectivity index (χ2n) is 6.33. The highest BCUT2D eigenvalue weighted by Crippen LogP contribution is 2.34. The maximum Gasteiger partial charge on any atom is 0.250 e. The minimum absolute atomic E-state index is 0.281. The molecule has 0 spiro atoms. The summed E-state index contributed by atoms with van der Waals surface area (Å²) in [6, 6.07) is 12.9. The number of rotatable bonds is 3. The van der Waals surface area contributed by atoms with Gasteiger partial charge in [-0.2, -0.15) is 0 Å². The van der Waals surface area contributed by atoms with Gasteiger partial charge in [-0.1, -0.05) is 12.1 Å². The second-order valence-corrected chi connectivity index (χ2v) is 6.33. The number of amides is 1. The molecule has 4 aromatic rings. The predicted octanol–water partition coefficient (Wildman–Crippen LogP) is 3.49. The predicted molar refractivity (Wildman–Crippen MR) is 106 cm³/mol. The standard InChI is InChI=1S/C21H16FN5O/c1-11-17-16(27-21(26-11)12-4-2-5-13(22)10-12)8-7-14(18(17)23)19-15(20(24)28)6-3-9-25-19/h2-10H,23H2,1H3,(H2,24,28). The normalized spacial score (nSPS) is 10.9. The van der Waals surface area contributed by atoms with E-state index in [4.69, 9.17) is 11.5 Å². The van der Waals surface area contributed by atoms with Crippen molar-refractivity contribution in [3.05, 3.63) is 71.8 Å². The van der Waals surface area contributed by atoms with Crippen LogP contribution in [0.5, 0.6) is 0 Å². The summed E-state index contributed by atoms with van der Waals surface area (Å²) in [4.78, 5) is 25.1. The molecule has 0 fully saturated rings. The molecule has 4 rings (SSSR count). The average Bonchev–Trinajstić information content (AvgIpc) is 2.68. The molecular formula is C21H16FN5O. The second kappa shape index (κ2) is 6.70. The summed E-state index contributed by atoms with van der Waals surface area (Å²) in [5.74, 6) is -0.535. The van der Waals surface area contributed by atoms with Gasteiger partial charge < -0.3 is 11.5 Å². The first-order chi connectivity index (χ1) is 13.5. The number of anilines is 1. The van der Waals surface area contributed by atoms with Crippen molar-refractivity contribution in [2.75, 3.05) is 5.73 Å². The SMILES string of the molecule is Cc1nc(-c2cccc(F)c2)nc2ccc(-c3ncccc3C(N)=O)c(N)c12. The highest BCUT2D eigenvalue weighted by Gasteiger charge is 2.17. The third-order valence-corrected chi connectivity index (χ3v) is 4.50. The van der Waals surface area contributed by atoms with Gasteiger partial charge in [-0.15, -0.1) is 0 Å². The largest absolute Gasteiger partial charge is 0.398 e. The smallest absolute Gasteiger partial charge is 0.250 e. The maximum absolute atomic E-state index is 13.6. The molecule has 2 aromatic carbocycles. The molecular weight excluding hydrogens is 357 g/mol. The van der Waals surface area contributed by atoms with Gasteiger partial charge in [0.05, 0.1) is 28.2 Å². The number of hydrogen-bond donors (Lipinski definition) is 2. The van der Waals surface area contributed by atoms with E-state index in [-0.39, 0.29) is 11.4 Å². The Labute approximate surface area is 160 Å². The van der Waals surface area contributed by atoms with Crippen LogP contribution in [-0.4, -0.2) is 20.9 Å². The molecule has 0 aliphatic carbocycles. The molecule has 1 amide bonds. The van der Waals surface area contributed by atoms with E-state index in [0.29, 0.717) is 44.9 Å². The summed E-state index contributed by atoms with van der Waals surface area (Å²) in [6.45, 7) is 1.81. The number of nitrogen functional groups attached to an aromatic ring is 1. The van der Waals surface area contributed by atoms with E-state index in [9.17, 15) is 9.18 Å². The van der Waals surface area contributed by atoms with E-state index >= 15 is 0 Å². The summed E-state index contributed by atoms with van der Waals surface area (Å²) in [7, 11) is 0. The number of halogens is 1. The topological polar surface area (TPSA) is 108 Å². The Morgan fingerprint density at radius 2 is 1.89 bits per heavy atom. The van der Waals surface area contributed by atoms with Gasteiger partial charge in [0.1, 0.15) is 5.82 Å². The first kappa shape index (κ1) is 17.5. The molecule has 6 nitrogen and oxygen atoms in total. The number of carbonyl (C=O) groups is 1. The van der Waals surface area contributed by atoms with Crippen LogP contribution in [-0.2, 0) is 0 Å². The van der Waals surface area contributed by atoms with Gasteiger partial charge in [0, 0.05) is 22.7 Å². The number of fused-ring (bicyclic) bond motifs is 1. The first-order valence-corrected chi connectivity index (χ1v) is 8.53. The van der Waals surface area contributed by atoms with Crippen molar-refractivity contribution < 1.29 is 9.18 Å². The Kier molecular flexibility index (Phi) is 4.19. The number of primary amides is 1. The van der Waals surface area contributed by atoms with Gasteiger partial charge in [-0.3, -0.25) is 9.78 Å². The van der Waals surface area contributed by atoms with Crippen molar-refractivity contribution in [2.45, 2.75) is 6.92 Å². The highest BCUT2D eigenvalue weighted by molar-refractivity contribution is 6.05. The van der Waals surface area contributed by atoms with Gasteiger partial charge in [0.25, 0.3) is 5.91 Å². The first-order valence-electron chi connectivity index (χ1n) is 8.53. The van der Waals surface area contributed by atoms with E-state index < -0.39 is 5.91 Å². The lowest BCUT2D eigenvalue weighted by molar-refractivity contribution is 0.100. The molecule has 0 aliphatic heterocycles. The van der Waals surface area contributed by atoms with Crippen LogP contribution >= 0.6 is 0 Å². The lowest BCUT2D eigenvalue weighted by Crippen LogP contribution is -2.13. The number of carbonyl (C=O) groups excluding carboxylic acids is 1. The number of nitrogens with zero attached hydrogens (tertiary/aromatic N) is 3.